The first-order chi connectivity index (χ1) is 31.3. The number of H-pyrrole nitrogens is 1. The number of aromatic amines is 1. The Morgan fingerprint density at radius 2 is 1.71 bits per heavy atom. The molecule has 1 aliphatic heterocycles. The molecule has 0 saturated heterocycles. The van der Waals surface area contributed by atoms with Crippen LogP contribution in [0.3, 0.4) is 0 Å². The van der Waals surface area contributed by atoms with E-state index < -0.39 is 36.1 Å². The number of hydrogen-bond donors (Lipinski definition) is 8. The molecule has 1 saturated carbocycles. The van der Waals surface area contributed by atoms with Gasteiger partial charge < -0.3 is 46.3 Å². The van der Waals surface area contributed by atoms with Crippen LogP contribution in [0.5, 0.6) is 11.5 Å². The number of carbonyl (C=O) groups excluding carboxylic acids is 2. The van der Waals surface area contributed by atoms with Crippen LogP contribution in [-0.2, 0) is 22.4 Å². The molecule has 0 amide bonds. The number of aromatic hydroxyl groups is 1. The fourth-order valence-corrected chi connectivity index (χ4v) is 10.9. The fraction of sp³-hybridized carbons (Fsp3) is 0.556. The molecular formula is C54H73N3O8. The Morgan fingerprint density at radius 3 is 2.42 bits per heavy atom. The van der Waals surface area contributed by atoms with Crippen LogP contribution in [0.1, 0.15) is 131 Å². The predicted octanol–water partition coefficient (Wildman–Crippen LogP) is 7.35. The van der Waals surface area contributed by atoms with Crippen molar-refractivity contribution < 1.29 is 39.9 Å². The number of phenolic OH excluding ortho intramolecular Hbond substituents is 1. The molecule has 0 radical (unpaired) electrons. The minimum atomic E-state index is -0.790. The summed E-state index contributed by atoms with van der Waals surface area (Å²) >= 11 is 0. The first-order valence-corrected chi connectivity index (χ1v) is 24.0. The van der Waals surface area contributed by atoms with Gasteiger partial charge in [-0.15, -0.1) is 0 Å². The van der Waals surface area contributed by atoms with E-state index in [9.17, 15) is 35.1 Å². The summed E-state index contributed by atoms with van der Waals surface area (Å²) in [6.45, 7) is 6.45. The zero-order valence-corrected chi connectivity index (χ0v) is 38.8. The van der Waals surface area contributed by atoms with Crippen molar-refractivity contribution in [1.82, 2.24) is 10.3 Å². The van der Waals surface area contributed by atoms with Gasteiger partial charge in [-0.3, -0.25) is 9.59 Å². The second-order valence-electron chi connectivity index (χ2n) is 19.1. The highest BCUT2D eigenvalue weighted by Gasteiger charge is 2.43. The summed E-state index contributed by atoms with van der Waals surface area (Å²) in [6.07, 6.45) is 10.4. The average molecular weight is 892 g/mol. The van der Waals surface area contributed by atoms with Crippen LogP contribution in [-0.4, -0.2) is 80.7 Å². The van der Waals surface area contributed by atoms with Crippen molar-refractivity contribution in [2.45, 2.75) is 134 Å². The molecule has 3 aliphatic rings. The molecule has 2 aromatic carbocycles. The Morgan fingerprint density at radius 1 is 0.923 bits per heavy atom. The summed E-state index contributed by atoms with van der Waals surface area (Å²) in [7, 11) is 1.50. The van der Waals surface area contributed by atoms with Gasteiger partial charge in [-0.2, -0.15) is 0 Å². The van der Waals surface area contributed by atoms with E-state index in [-0.39, 0.29) is 66.4 Å². The number of allylic oxidation sites excluding steroid dienone is 2. The van der Waals surface area contributed by atoms with Gasteiger partial charge in [-0.25, -0.2) is 0 Å². The zero-order chi connectivity index (χ0) is 46.6. The van der Waals surface area contributed by atoms with Gasteiger partial charge in [-0.05, 0) is 146 Å². The number of aliphatic hydroxyl groups excluding tert-OH is 4. The van der Waals surface area contributed by atoms with Crippen LogP contribution in [0.4, 0.5) is 0 Å². The predicted molar refractivity (Wildman–Crippen MR) is 254 cm³/mol. The number of aliphatic hydroxyl groups is 4. The molecule has 9 N–H and O–H groups in total. The summed E-state index contributed by atoms with van der Waals surface area (Å²) in [5.41, 5.74) is 12.1. The van der Waals surface area contributed by atoms with E-state index in [2.05, 4.69) is 48.1 Å². The highest BCUT2D eigenvalue weighted by atomic mass is 16.5. The van der Waals surface area contributed by atoms with Gasteiger partial charge in [0.2, 0.25) is 0 Å². The lowest BCUT2D eigenvalue weighted by Crippen LogP contribution is -2.34. The molecule has 2 heterocycles. The molecule has 6 rings (SSSR count). The third-order valence-corrected chi connectivity index (χ3v) is 14.5. The van der Waals surface area contributed by atoms with E-state index in [1.807, 2.05) is 42.6 Å². The van der Waals surface area contributed by atoms with E-state index in [4.69, 9.17) is 10.5 Å². The molecule has 0 spiro atoms. The first kappa shape index (κ1) is 49.6. The summed E-state index contributed by atoms with van der Waals surface area (Å²) < 4.78 is 5.51. The highest BCUT2D eigenvalue weighted by Crippen LogP contribution is 2.48. The summed E-state index contributed by atoms with van der Waals surface area (Å²) in [6, 6.07) is 15.5. The van der Waals surface area contributed by atoms with Crippen molar-refractivity contribution >= 4 is 11.6 Å². The van der Waals surface area contributed by atoms with E-state index in [1.54, 1.807) is 19.1 Å². The second-order valence-corrected chi connectivity index (χ2v) is 19.1. The number of rotatable bonds is 18. The number of methoxy groups -OCH3 is 1. The quantitative estimate of drug-likeness (QED) is 0.0472. The van der Waals surface area contributed by atoms with Crippen molar-refractivity contribution in [2.24, 2.45) is 41.2 Å². The molecule has 0 unspecified atom stereocenters. The van der Waals surface area contributed by atoms with E-state index >= 15 is 0 Å². The number of ketones is 2. The normalized spacial score (nSPS) is 24.3. The molecule has 0 bridgehead atoms. The molecule has 3 aromatic rings. The topological polar surface area (TPSA) is 198 Å². The number of benzene rings is 2. The molecular weight excluding hydrogens is 819 g/mol. The van der Waals surface area contributed by atoms with E-state index in [1.165, 1.54) is 7.11 Å². The lowest BCUT2D eigenvalue weighted by molar-refractivity contribution is -0.130. The Hall–Kier alpha value is -4.86. The van der Waals surface area contributed by atoms with Crippen molar-refractivity contribution in [3.05, 3.63) is 106 Å². The van der Waals surface area contributed by atoms with Gasteiger partial charge in [0.1, 0.15) is 11.6 Å². The van der Waals surface area contributed by atoms with Crippen molar-refractivity contribution in [3.63, 3.8) is 0 Å². The molecule has 65 heavy (non-hydrogen) atoms. The van der Waals surface area contributed by atoms with Crippen LogP contribution in [0, 0.1) is 47.3 Å². The third kappa shape index (κ3) is 12.9. The number of ether oxygens (including phenoxy) is 1. The number of nitrogens with one attached hydrogen (secondary N) is 2. The summed E-state index contributed by atoms with van der Waals surface area (Å²) in [5.74, 6) is 6.49. The standard InChI is InChI=1S/C54H73N3O8/c1-5-10-46(50(62)29-42-25-41(32-57-42)33(2)14-19-49(61)34(3)59)40-24-39(44(13-9-22-58)38-20-21-56-54(55)28-38)23-36-16-18-45(35-11-7-6-8-12-35)47-31-52(64)53(65-4)27-37(47)15-17-43(60)30-51(63)48(36)26-40/h6-8,11-12,20,25,27-28,31-34,36,39-40,44-46,48-50,56-59,61-62,64H,5,9-10,13-15,17,19,21-24,26,29-30,55H2,1-4H3/t33-,34+,36-,39-,40+,44-,45-,46+,48-,49+,50-/m1/s1. The molecule has 11 heteroatoms. The maximum atomic E-state index is 14.8. The van der Waals surface area contributed by atoms with Gasteiger partial charge in [-0.1, -0.05) is 68.5 Å². The smallest absolute Gasteiger partial charge is 0.160 e. The third-order valence-electron chi connectivity index (χ3n) is 14.5. The Kier molecular flexibility index (Phi) is 18.0. The Balaban J connectivity index is 1.43. The van der Waals surface area contributed by atoms with E-state index in [0.29, 0.717) is 69.5 Å². The van der Waals surface area contributed by atoms with Crippen LogP contribution in [0.2, 0.25) is 0 Å². The minimum absolute atomic E-state index is 0.00163. The number of phenols is 1. The molecule has 2 aliphatic carbocycles. The Labute approximate surface area is 386 Å². The number of fused-ring (bicyclic) bond motifs is 2. The van der Waals surface area contributed by atoms with Crippen LogP contribution in [0.15, 0.2) is 78.3 Å². The lowest BCUT2D eigenvalue weighted by atomic mass is 9.71. The Bertz CT molecular complexity index is 2170. The number of Topliss-reactive ketones (excluding diaryl/α,β-unsaturated/α-hetero) is 2. The van der Waals surface area contributed by atoms with Crippen LogP contribution >= 0.6 is 0 Å². The van der Waals surface area contributed by atoms with Crippen LogP contribution < -0.4 is 15.8 Å². The highest BCUT2D eigenvalue weighted by molar-refractivity contribution is 6.00. The lowest BCUT2D eigenvalue weighted by Gasteiger charge is -2.35. The molecule has 11 nitrogen and oxygen atoms in total. The maximum absolute atomic E-state index is 14.8. The number of nitrogens with two attached hydrogens (primary N) is 1. The maximum Gasteiger partial charge on any atom is 0.160 e. The van der Waals surface area contributed by atoms with Crippen molar-refractivity contribution in [2.75, 3.05) is 20.3 Å². The van der Waals surface area contributed by atoms with Gasteiger partial charge in [0, 0.05) is 49.7 Å². The number of hydrogen-bond acceptors (Lipinski definition) is 10. The van der Waals surface area contributed by atoms with Gasteiger partial charge in [0.05, 0.1) is 43.6 Å². The molecule has 11 atom stereocenters. The molecule has 1 aromatic heterocycles. The monoisotopic (exact) mass is 892 g/mol. The number of aryl methyl sites for hydroxylation is 1. The van der Waals surface area contributed by atoms with Crippen molar-refractivity contribution in [1.29, 1.82) is 0 Å². The van der Waals surface area contributed by atoms with Crippen LogP contribution in [0.25, 0.3) is 0 Å². The fourth-order valence-electron chi connectivity index (χ4n) is 10.9. The summed E-state index contributed by atoms with van der Waals surface area (Å²) in [5, 5.41) is 56.9. The van der Waals surface area contributed by atoms with Gasteiger partial charge in [0.15, 0.2) is 11.5 Å². The minimum Gasteiger partial charge on any atom is -0.504 e. The average Bonchev–Trinajstić information content (AvgIpc) is 3.67. The second kappa shape index (κ2) is 23.5. The van der Waals surface area contributed by atoms with E-state index in [0.717, 1.165) is 52.8 Å². The largest absolute Gasteiger partial charge is 0.504 e. The van der Waals surface area contributed by atoms with Gasteiger partial charge >= 0.3 is 0 Å². The zero-order valence-electron chi connectivity index (χ0n) is 38.8. The molecule has 1 fully saturated rings. The summed E-state index contributed by atoms with van der Waals surface area (Å²) in [4.78, 5) is 32.1. The van der Waals surface area contributed by atoms with Crippen molar-refractivity contribution in [3.8, 4) is 23.3 Å². The van der Waals surface area contributed by atoms with Gasteiger partial charge in [0.25, 0.3) is 0 Å². The number of carbonyl (C=O) groups is 2. The SMILES string of the molecule is CCC[C@@H]([C@H]1C[C@H]([C@H](CCCO)C2=CCNC(N)=C2)C[C@H]2C#C[C@H](c3ccccc3)c3cc(O)c(OC)cc3CCC(=O)CC(=O)[C@@H]2C1)[C@H](O)Cc1cc([C@H](C)CC[C@H](O)[C@H](C)O)c[nH]1. The number of dihydropyridines is 1. The number of aromatic nitrogens is 1. The first-order valence-electron chi connectivity index (χ1n) is 24.0. The molecule has 352 valence electrons.